The first-order valence-corrected chi connectivity index (χ1v) is 5.63. The van der Waals surface area contributed by atoms with Gasteiger partial charge in [-0.25, -0.2) is 4.68 Å². The van der Waals surface area contributed by atoms with Gasteiger partial charge in [-0.2, -0.15) is 9.78 Å². The van der Waals surface area contributed by atoms with Crippen LogP contribution in [0.5, 0.6) is 0 Å². The zero-order valence-corrected chi connectivity index (χ0v) is 10.1. The van der Waals surface area contributed by atoms with Gasteiger partial charge in [0, 0.05) is 5.69 Å². The second-order valence-electron chi connectivity index (χ2n) is 4.07. The maximum Gasteiger partial charge on any atom is 0.275 e. The molecule has 3 rings (SSSR count). The summed E-state index contributed by atoms with van der Waals surface area (Å²) in [4.78, 5) is 0. The number of aryl methyl sites for hydroxylation is 2. The molecule has 2 aromatic heterocycles. The highest BCUT2D eigenvalue weighted by molar-refractivity contribution is 5.34. The van der Waals surface area contributed by atoms with Crippen molar-refractivity contribution in [1.29, 1.82) is 0 Å². The molecule has 0 aliphatic rings. The first-order valence-electron chi connectivity index (χ1n) is 5.63. The molecule has 90 valence electrons. The van der Waals surface area contributed by atoms with E-state index in [2.05, 4.69) is 20.6 Å². The highest BCUT2D eigenvalue weighted by Crippen LogP contribution is 2.12. The van der Waals surface area contributed by atoms with Crippen LogP contribution in [-0.2, 0) is 0 Å². The minimum atomic E-state index is 0.590. The van der Waals surface area contributed by atoms with Crippen molar-refractivity contribution in [2.75, 3.05) is 0 Å². The average Bonchev–Trinajstić information content (AvgIpc) is 2.96. The van der Waals surface area contributed by atoms with Crippen molar-refractivity contribution in [2.24, 2.45) is 0 Å². The van der Waals surface area contributed by atoms with Crippen molar-refractivity contribution < 1.29 is 0 Å². The molecule has 0 N–H and O–H groups in total. The lowest BCUT2D eigenvalue weighted by Crippen LogP contribution is -2.09. The molecule has 0 atom stereocenters. The third-order valence-corrected chi connectivity index (χ3v) is 2.65. The van der Waals surface area contributed by atoms with E-state index in [4.69, 9.17) is 0 Å². The van der Waals surface area contributed by atoms with Crippen molar-refractivity contribution in [1.82, 2.24) is 30.0 Å². The molecule has 0 radical (unpaired) electrons. The molecule has 0 spiro atoms. The molecular weight excluding hydrogens is 228 g/mol. The third kappa shape index (κ3) is 1.67. The zero-order valence-electron chi connectivity index (χ0n) is 10.1. The quantitative estimate of drug-likeness (QED) is 0.680. The van der Waals surface area contributed by atoms with E-state index in [1.807, 2.05) is 50.2 Å². The van der Waals surface area contributed by atoms with Crippen LogP contribution in [0.25, 0.3) is 11.6 Å². The zero-order chi connectivity index (χ0) is 12.5. The van der Waals surface area contributed by atoms with E-state index < -0.39 is 0 Å². The van der Waals surface area contributed by atoms with E-state index in [0.29, 0.717) is 5.95 Å². The molecule has 2 heterocycles. The summed E-state index contributed by atoms with van der Waals surface area (Å²) >= 11 is 0. The van der Waals surface area contributed by atoms with Gasteiger partial charge in [0.05, 0.1) is 11.4 Å². The lowest BCUT2D eigenvalue weighted by atomic mass is 10.3. The summed E-state index contributed by atoms with van der Waals surface area (Å²) in [5, 5.41) is 16.2. The van der Waals surface area contributed by atoms with Gasteiger partial charge < -0.3 is 0 Å². The Bertz CT molecular complexity index is 667. The van der Waals surface area contributed by atoms with Crippen LogP contribution in [0, 0.1) is 13.8 Å². The van der Waals surface area contributed by atoms with Gasteiger partial charge in [-0.15, -0.1) is 0 Å². The summed E-state index contributed by atoms with van der Waals surface area (Å²) in [5.74, 6) is 0.590. The largest absolute Gasteiger partial charge is 0.275 e. The normalized spacial score (nSPS) is 10.8. The van der Waals surface area contributed by atoms with Gasteiger partial charge in [-0.3, -0.25) is 0 Å². The summed E-state index contributed by atoms with van der Waals surface area (Å²) in [5.41, 5.74) is 2.85. The standard InChI is InChI=1S/C12H12N6/c1-9-8-10(2)17(14-9)12-13-15-16-18(12)11-6-4-3-5-7-11/h3-8H,1-2H3. The number of benzene rings is 1. The van der Waals surface area contributed by atoms with Crippen molar-refractivity contribution in [3.8, 4) is 11.6 Å². The molecule has 0 aliphatic carbocycles. The van der Waals surface area contributed by atoms with E-state index in [-0.39, 0.29) is 0 Å². The van der Waals surface area contributed by atoms with Crippen LogP contribution in [0.2, 0.25) is 0 Å². The van der Waals surface area contributed by atoms with E-state index in [1.165, 1.54) is 0 Å². The number of hydrogen-bond donors (Lipinski definition) is 0. The van der Waals surface area contributed by atoms with Crippen LogP contribution in [0.1, 0.15) is 11.4 Å². The van der Waals surface area contributed by atoms with E-state index in [1.54, 1.807) is 9.36 Å². The molecule has 6 nitrogen and oxygen atoms in total. The van der Waals surface area contributed by atoms with Crippen molar-refractivity contribution in [2.45, 2.75) is 13.8 Å². The van der Waals surface area contributed by atoms with Crippen LogP contribution in [0.15, 0.2) is 36.4 Å². The second kappa shape index (κ2) is 4.06. The Labute approximate surface area is 104 Å². The molecule has 3 aromatic rings. The monoisotopic (exact) mass is 240 g/mol. The van der Waals surface area contributed by atoms with Crippen LogP contribution in [0.3, 0.4) is 0 Å². The van der Waals surface area contributed by atoms with Gasteiger partial charge in [0.25, 0.3) is 5.95 Å². The predicted molar refractivity (Wildman–Crippen MR) is 65.8 cm³/mol. The number of hydrogen-bond acceptors (Lipinski definition) is 4. The maximum absolute atomic E-state index is 4.39. The highest BCUT2D eigenvalue weighted by Gasteiger charge is 2.13. The minimum absolute atomic E-state index is 0.590. The van der Waals surface area contributed by atoms with Crippen LogP contribution < -0.4 is 0 Å². The molecule has 0 aliphatic heterocycles. The molecule has 6 heteroatoms. The van der Waals surface area contributed by atoms with Crippen molar-refractivity contribution in [3.05, 3.63) is 47.8 Å². The lowest BCUT2D eigenvalue weighted by Gasteiger charge is -2.05. The Balaban J connectivity index is 2.16. The van der Waals surface area contributed by atoms with Crippen LogP contribution in [-0.4, -0.2) is 30.0 Å². The SMILES string of the molecule is Cc1cc(C)n(-c2nnnn2-c2ccccc2)n1. The fourth-order valence-corrected chi connectivity index (χ4v) is 1.88. The first-order chi connectivity index (χ1) is 8.75. The second-order valence-corrected chi connectivity index (χ2v) is 4.07. The van der Waals surface area contributed by atoms with Gasteiger partial charge in [-0.1, -0.05) is 23.3 Å². The fourth-order valence-electron chi connectivity index (χ4n) is 1.88. The molecule has 0 bridgehead atoms. The molecular formula is C12H12N6. The number of rotatable bonds is 2. The molecule has 18 heavy (non-hydrogen) atoms. The number of para-hydroxylation sites is 1. The summed E-state index contributed by atoms with van der Waals surface area (Å²) in [7, 11) is 0. The predicted octanol–water partition coefficient (Wildman–Crippen LogP) is 1.46. The molecule has 0 saturated heterocycles. The van der Waals surface area contributed by atoms with Crippen LogP contribution >= 0.6 is 0 Å². The summed E-state index contributed by atoms with van der Waals surface area (Å²) in [6.07, 6.45) is 0. The number of nitrogens with zero attached hydrogens (tertiary/aromatic N) is 6. The van der Waals surface area contributed by atoms with Gasteiger partial charge in [0.2, 0.25) is 0 Å². The molecule has 0 amide bonds. The van der Waals surface area contributed by atoms with Crippen LogP contribution in [0.4, 0.5) is 0 Å². The Morgan fingerprint density at radius 3 is 2.44 bits per heavy atom. The van der Waals surface area contributed by atoms with E-state index in [9.17, 15) is 0 Å². The average molecular weight is 240 g/mol. The Kier molecular flexibility index (Phi) is 2.40. The summed E-state index contributed by atoms with van der Waals surface area (Å²) in [6.45, 7) is 3.92. The molecule has 1 aromatic carbocycles. The Hall–Kier alpha value is -2.50. The van der Waals surface area contributed by atoms with Crippen molar-refractivity contribution >= 4 is 0 Å². The molecule has 0 unspecified atom stereocenters. The number of tetrazole rings is 1. The fraction of sp³-hybridized carbons (Fsp3) is 0.167. The Morgan fingerprint density at radius 2 is 1.78 bits per heavy atom. The lowest BCUT2D eigenvalue weighted by molar-refractivity contribution is 0.723. The first kappa shape index (κ1) is 10.6. The van der Waals surface area contributed by atoms with Gasteiger partial charge in [-0.05, 0) is 42.5 Å². The number of aromatic nitrogens is 6. The van der Waals surface area contributed by atoms with E-state index >= 15 is 0 Å². The molecule has 0 saturated carbocycles. The smallest absolute Gasteiger partial charge is 0.202 e. The van der Waals surface area contributed by atoms with E-state index in [0.717, 1.165) is 17.1 Å². The highest BCUT2D eigenvalue weighted by atomic mass is 15.6. The van der Waals surface area contributed by atoms with Gasteiger partial charge >= 0.3 is 0 Å². The Morgan fingerprint density at radius 1 is 1.00 bits per heavy atom. The van der Waals surface area contributed by atoms with Crippen molar-refractivity contribution in [3.63, 3.8) is 0 Å². The topological polar surface area (TPSA) is 61.4 Å². The maximum atomic E-state index is 4.39. The summed E-state index contributed by atoms with van der Waals surface area (Å²) < 4.78 is 3.40. The van der Waals surface area contributed by atoms with Gasteiger partial charge in [0.15, 0.2) is 0 Å². The third-order valence-electron chi connectivity index (χ3n) is 2.65. The summed E-state index contributed by atoms with van der Waals surface area (Å²) in [6, 6.07) is 11.7. The van der Waals surface area contributed by atoms with Gasteiger partial charge in [0.1, 0.15) is 0 Å². The molecule has 0 fully saturated rings. The minimum Gasteiger partial charge on any atom is -0.202 e.